The number of anilines is 1. The van der Waals surface area contributed by atoms with E-state index in [-0.39, 0.29) is 5.75 Å². The second-order valence-electron chi connectivity index (χ2n) is 7.21. The lowest BCUT2D eigenvalue weighted by atomic mass is 10.0. The van der Waals surface area contributed by atoms with Crippen LogP contribution in [0.2, 0.25) is 5.02 Å². The molecule has 1 aromatic heterocycles. The lowest BCUT2D eigenvalue weighted by molar-refractivity contribution is -0.159. The molecule has 0 atom stereocenters. The quantitative estimate of drug-likeness (QED) is 0.300. The molecule has 0 aliphatic heterocycles. The molecule has 0 radical (unpaired) electrons. The molecule has 8 nitrogen and oxygen atoms in total. The fraction of sp³-hybridized carbons (Fsp3) is 0.0800. The highest BCUT2D eigenvalue weighted by molar-refractivity contribution is 6.30. The second kappa shape index (κ2) is 11.0. The molecule has 0 fully saturated rings. The van der Waals surface area contributed by atoms with Crippen LogP contribution in [0.4, 0.5) is 5.95 Å². The Bertz CT molecular complexity index is 1280. The summed E-state index contributed by atoms with van der Waals surface area (Å²) < 4.78 is 2.00. The van der Waals surface area contributed by atoms with Gasteiger partial charge in [-0.05, 0) is 34.9 Å². The van der Waals surface area contributed by atoms with Crippen molar-refractivity contribution in [1.82, 2.24) is 9.55 Å². The number of aromatic nitrogens is 2. The van der Waals surface area contributed by atoms with Crippen molar-refractivity contribution < 1.29 is 24.9 Å². The van der Waals surface area contributed by atoms with Crippen molar-refractivity contribution in [3.05, 3.63) is 89.6 Å². The van der Waals surface area contributed by atoms with E-state index in [4.69, 9.17) is 31.4 Å². The van der Waals surface area contributed by atoms with Crippen LogP contribution in [0, 0.1) is 0 Å². The summed E-state index contributed by atoms with van der Waals surface area (Å²) in [4.78, 5) is 22.7. The van der Waals surface area contributed by atoms with E-state index in [2.05, 4.69) is 46.7 Å². The SMILES string of the molecule is Cn1c(-c2ccc(-c3ccccc3)cc2)cnc1NCc1cc(Cl)ccc1O.O=C(O)C(=O)O. The summed E-state index contributed by atoms with van der Waals surface area (Å²) in [5.74, 6) is -2.71. The molecule has 0 unspecified atom stereocenters. The van der Waals surface area contributed by atoms with E-state index < -0.39 is 11.9 Å². The van der Waals surface area contributed by atoms with Gasteiger partial charge in [-0.25, -0.2) is 14.6 Å². The predicted octanol–water partition coefficient (Wildman–Crippen LogP) is 4.88. The number of rotatable bonds is 5. The Hall–Kier alpha value is -4.30. The van der Waals surface area contributed by atoms with Gasteiger partial charge in [0.2, 0.25) is 5.95 Å². The molecule has 4 aromatic rings. The molecule has 0 saturated carbocycles. The van der Waals surface area contributed by atoms with Crippen molar-refractivity contribution in [3.8, 4) is 28.1 Å². The fourth-order valence-electron chi connectivity index (χ4n) is 3.18. The van der Waals surface area contributed by atoms with Gasteiger partial charge < -0.3 is 25.2 Å². The maximum atomic E-state index is 9.96. The molecule has 1 heterocycles. The molecule has 0 saturated heterocycles. The number of aliphatic carboxylic acids is 2. The zero-order valence-corrected chi connectivity index (χ0v) is 18.9. The molecule has 0 aliphatic carbocycles. The van der Waals surface area contributed by atoms with E-state index in [1.807, 2.05) is 36.0 Å². The third-order valence-corrected chi connectivity index (χ3v) is 5.17. The zero-order valence-electron chi connectivity index (χ0n) is 18.1. The van der Waals surface area contributed by atoms with Gasteiger partial charge in [0.05, 0.1) is 11.9 Å². The molecular formula is C25H22ClN3O5. The minimum absolute atomic E-state index is 0.211. The Balaban J connectivity index is 0.000000481. The van der Waals surface area contributed by atoms with Crippen LogP contribution in [-0.4, -0.2) is 36.8 Å². The summed E-state index contributed by atoms with van der Waals surface area (Å²) in [6.45, 7) is 0.434. The van der Waals surface area contributed by atoms with E-state index >= 15 is 0 Å². The number of halogens is 1. The molecule has 34 heavy (non-hydrogen) atoms. The standard InChI is InChI=1S/C23H20ClN3O.C2H2O4/c1-27-21(18-9-7-17(8-10-18)16-5-3-2-4-6-16)15-26-23(27)25-14-19-13-20(24)11-12-22(19)28;3-1(4)2(5)6/h2-13,15,28H,14H2,1H3,(H,25,26);(H,3,4)(H,5,6). The van der Waals surface area contributed by atoms with Crippen molar-refractivity contribution in [2.45, 2.75) is 6.54 Å². The van der Waals surface area contributed by atoms with Crippen molar-refractivity contribution in [2.75, 3.05) is 5.32 Å². The number of nitrogens with zero attached hydrogens (tertiary/aromatic N) is 2. The zero-order chi connectivity index (χ0) is 24.7. The van der Waals surface area contributed by atoms with Gasteiger partial charge in [0.25, 0.3) is 0 Å². The molecule has 0 spiro atoms. The average molecular weight is 480 g/mol. The van der Waals surface area contributed by atoms with E-state index in [1.54, 1.807) is 18.2 Å². The van der Waals surface area contributed by atoms with Crippen LogP contribution >= 0.6 is 11.6 Å². The number of hydrogen-bond acceptors (Lipinski definition) is 5. The Kier molecular flexibility index (Phi) is 7.89. The van der Waals surface area contributed by atoms with Gasteiger partial charge in [-0.3, -0.25) is 0 Å². The minimum atomic E-state index is -1.82. The largest absolute Gasteiger partial charge is 0.508 e. The van der Waals surface area contributed by atoms with Gasteiger partial charge in [0.1, 0.15) is 5.75 Å². The average Bonchev–Trinajstić information content (AvgIpc) is 3.21. The van der Waals surface area contributed by atoms with Gasteiger partial charge in [-0.1, -0.05) is 66.2 Å². The molecule has 0 amide bonds. The van der Waals surface area contributed by atoms with Crippen molar-refractivity contribution in [3.63, 3.8) is 0 Å². The third kappa shape index (κ3) is 6.14. The van der Waals surface area contributed by atoms with Crippen LogP contribution < -0.4 is 5.32 Å². The van der Waals surface area contributed by atoms with Gasteiger partial charge in [0.15, 0.2) is 0 Å². The highest BCUT2D eigenvalue weighted by atomic mass is 35.5. The number of aromatic hydroxyl groups is 1. The number of carboxylic acid groups (broad SMARTS) is 2. The molecule has 0 aliphatic rings. The van der Waals surface area contributed by atoms with Gasteiger partial charge >= 0.3 is 11.9 Å². The maximum absolute atomic E-state index is 9.96. The number of carbonyl (C=O) groups is 2. The Morgan fingerprint density at radius 3 is 2.12 bits per heavy atom. The topological polar surface area (TPSA) is 125 Å². The second-order valence-corrected chi connectivity index (χ2v) is 7.64. The molecular weight excluding hydrogens is 458 g/mol. The molecule has 4 N–H and O–H groups in total. The Morgan fingerprint density at radius 1 is 0.912 bits per heavy atom. The van der Waals surface area contributed by atoms with Crippen molar-refractivity contribution in [1.29, 1.82) is 0 Å². The highest BCUT2D eigenvalue weighted by Gasteiger charge is 2.10. The first-order chi connectivity index (χ1) is 16.3. The van der Waals surface area contributed by atoms with Gasteiger partial charge in [0, 0.05) is 24.2 Å². The van der Waals surface area contributed by atoms with Crippen LogP contribution in [0.1, 0.15) is 5.56 Å². The van der Waals surface area contributed by atoms with E-state index in [1.165, 1.54) is 11.1 Å². The van der Waals surface area contributed by atoms with Crippen LogP contribution in [0.3, 0.4) is 0 Å². The third-order valence-electron chi connectivity index (χ3n) is 4.94. The van der Waals surface area contributed by atoms with Crippen molar-refractivity contribution >= 4 is 29.5 Å². The lowest BCUT2D eigenvalue weighted by Gasteiger charge is -2.10. The number of imidazole rings is 1. The van der Waals surface area contributed by atoms with Crippen LogP contribution in [0.5, 0.6) is 5.75 Å². The first-order valence-corrected chi connectivity index (χ1v) is 10.5. The number of benzene rings is 3. The van der Waals surface area contributed by atoms with Crippen molar-refractivity contribution in [2.24, 2.45) is 7.05 Å². The predicted molar refractivity (Wildman–Crippen MR) is 130 cm³/mol. The normalized spacial score (nSPS) is 10.2. The molecule has 174 valence electrons. The monoisotopic (exact) mass is 479 g/mol. The summed E-state index contributed by atoms with van der Waals surface area (Å²) in [5, 5.41) is 28.6. The van der Waals surface area contributed by atoms with Crippen LogP contribution in [-0.2, 0) is 23.2 Å². The molecule has 0 bridgehead atoms. The van der Waals surface area contributed by atoms with E-state index in [0.29, 0.717) is 11.6 Å². The molecule has 3 aromatic carbocycles. The molecule has 9 heteroatoms. The summed E-state index contributed by atoms with van der Waals surface area (Å²) in [5.41, 5.74) is 5.21. The summed E-state index contributed by atoms with van der Waals surface area (Å²) in [7, 11) is 1.97. The minimum Gasteiger partial charge on any atom is -0.508 e. The van der Waals surface area contributed by atoms with E-state index in [0.717, 1.165) is 22.8 Å². The summed E-state index contributed by atoms with van der Waals surface area (Å²) in [6, 6.07) is 23.8. The smallest absolute Gasteiger partial charge is 0.414 e. The number of hydrogen-bond donors (Lipinski definition) is 4. The van der Waals surface area contributed by atoms with Gasteiger partial charge in [-0.15, -0.1) is 0 Å². The Morgan fingerprint density at radius 2 is 1.50 bits per heavy atom. The van der Waals surface area contributed by atoms with Crippen LogP contribution in [0.15, 0.2) is 79.0 Å². The number of phenolic OH excluding ortho intramolecular Hbond substituents is 1. The first-order valence-electron chi connectivity index (χ1n) is 10.1. The summed E-state index contributed by atoms with van der Waals surface area (Å²) in [6.07, 6.45) is 1.84. The van der Waals surface area contributed by atoms with E-state index in [9.17, 15) is 5.11 Å². The molecule has 4 rings (SSSR count). The maximum Gasteiger partial charge on any atom is 0.414 e. The van der Waals surface area contributed by atoms with Gasteiger partial charge in [-0.2, -0.15) is 0 Å². The number of phenols is 1. The number of carboxylic acids is 2. The first kappa shape index (κ1) is 24.3. The van der Waals surface area contributed by atoms with Crippen LogP contribution in [0.25, 0.3) is 22.4 Å². The number of nitrogens with one attached hydrogen (secondary N) is 1. The summed E-state index contributed by atoms with van der Waals surface area (Å²) >= 11 is 6.01. The fourth-order valence-corrected chi connectivity index (χ4v) is 3.37. The Labute approximate surface area is 200 Å². The lowest BCUT2D eigenvalue weighted by Crippen LogP contribution is -2.09. The highest BCUT2D eigenvalue weighted by Crippen LogP contribution is 2.27.